The van der Waals surface area contributed by atoms with E-state index in [1.54, 1.807) is 49.6 Å². The minimum absolute atomic E-state index is 0.346. The van der Waals surface area contributed by atoms with Crippen molar-refractivity contribution < 1.29 is 43.6 Å². The molecule has 10 aromatic rings. The van der Waals surface area contributed by atoms with E-state index >= 15 is 0 Å². The Kier molecular flexibility index (Phi) is 23.3. The summed E-state index contributed by atoms with van der Waals surface area (Å²) in [5.41, 5.74) is 32.0. The predicted octanol–water partition coefficient (Wildman–Crippen LogP) is 18.7. The van der Waals surface area contributed by atoms with Crippen molar-refractivity contribution in [3.05, 3.63) is 248 Å². The van der Waals surface area contributed by atoms with Gasteiger partial charge in [0.05, 0.1) is 68.2 Å². The summed E-state index contributed by atoms with van der Waals surface area (Å²) in [4.78, 5) is 0. The normalized spacial score (nSPS) is 11.6. The van der Waals surface area contributed by atoms with E-state index in [1.807, 2.05) is 48.5 Å². The quantitative estimate of drug-likeness (QED) is 0.0626. The van der Waals surface area contributed by atoms with E-state index in [2.05, 4.69) is 177 Å². The van der Waals surface area contributed by atoms with Crippen LogP contribution in [0.1, 0.15) is 73.7 Å². The molecule has 10 rings (SSSR count). The molecule has 0 spiro atoms. The number of ether oxygens (including phenoxy) is 6. The number of nitrogens with one attached hydrogen (secondary N) is 2. The molecule has 0 aliphatic carbocycles. The second-order valence-corrected chi connectivity index (χ2v) is 30.2. The Balaban J connectivity index is 0.000000349. The second kappa shape index (κ2) is 30.3. The predicted molar refractivity (Wildman–Crippen MR) is 376 cm³/mol. The Labute approximate surface area is 540 Å². The molecular formula is C75H82Cl2N2O6P2Ru+2. The zero-order chi connectivity index (χ0) is 63.6. The fourth-order valence-electron chi connectivity index (χ4n) is 12.9. The van der Waals surface area contributed by atoms with Gasteiger partial charge in [0.1, 0.15) is 50.4 Å². The van der Waals surface area contributed by atoms with E-state index in [-0.39, 0.29) is 15.1 Å². The van der Waals surface area contributed by atoms with Gasteiger partial charge in [0.15, 0.2) is 0 Å². The van der Waals surface area contributed by atoms with Gasteiger partial charge in [-0.2, -0.15) is 0 Å². The average Bonchev–Trinajstić information content (AvgIpc) is 0.927. The van der Waals surface area contributed by atoms with Crippen LogP contribution in [0.5, 0.6) is 34.5 Å². The molecule has 10 aromatic carbocycles. The van der Waals surface area contributed by atoms with Crippen LogP contribution in [0.4, 0.5) is 0 Å². The van der Waals surface area contributed by atoms with Crippen molar-refractivity contribution in [2.45, 2.75) is 86.2 Å². The van der Waals surface area contributed by atoms with E-state index in [4.69, 9.17) is 59.3 Å². The first kappa shape index (κ1) is 67.4. The third-order valence-corrected chi connectivity index (χ3v) is 22.1. The van der Waals surface area contributed by atoms with Crippen LogP contribution in [0, 0.1) is 55.4 Å². The molecule has 0 fully saturated rings. The Bertz CT molecular complexity index is 3800. The topological polar surface area (TPSA) is 103 Å². The van der Waals surface area contributed by atoms with E-state index in [1.165, 1.54) is 87.3 Å². The van der Waals surface area contributed by atoms with E-state index in [9.17, 15) is 0 Å². The molecule has 0 bridgehead atoms. The van der Waals surface area contributed by atoms with Gasteiger partial charge in [-0.15, -0.1) is 6.04 Å². The molecule has 0 unspecified atom stereocenters. The summed E-state index contributed by atoms with van der Waals surface area (Å²) in [5.74, 6) is 5.32. The van der Waals surface area contributed by atoms with Gasteiger partial charge < -0.3 is 39.9 Å². The van der Waals surface area contributed by atoms with Crippen LogP contribution >= 0.6 is 35.2 Å². The first-order valence-electron chi connectivity index (χ1n) is 29.2. The molecule has 1 atom stereocenters. The number of fused-ring (bicyclic) bond motifs is 2. The first-order chi connectivity index (χ1) is 42.3. The molecule has 0 radical (unpaired) electrons. The summed E-state index contributed by atoms with van der Waals surface area (Å²) < 4.78 is 33.9. The van der Waals surface area contributed by atoms with Crippen molar-refractivity contribution in [1.29, 1.82) is 0 Å². The van der Waals surface area contributed by atoms with Crippen molar-refractivity contribution in [3.8, 4) is 45.6 Å². The Morgan fingerprint density at radius 1 is 0.432 bits per heavy atom. The molecule has 0 saturated carbocycles. The molecule has 0 aliphatic rings. The van der Waals surface area contributed by atoms with Crippen LogP contribution in [0.15, 0.2) is 170 Å². The first-order valence-corrected chi connectivity index (χ1v) is 37.1. The van der Waals surface area contributed by atoms with E-state index in [0.717, 1.165) is 80.2 Å². The van der Waals surface area contributed by atoms with Crippen LogP contribution in [0.3, 0.4) is 0 Å². The summed E-state index contributed by atoms with van der Waals surface area (Å²) in [6.07, 6.45) is 1.95. The number of benzene rings is 10. The summed E-state index contributed by atoms with van der Waals surface area (Å²) in [7, 11) is 17.1. The molecule has 458 valence electrons. The Morgan fingerprint density at radius 3 is 1.17 bits per heavy atom. The van der Waals surface area contributed by atoms with Gasteiger partial charge in [-0.3, -0.25) is 0 Å². The number of methoxy groups -OCH3 is 6. The molecule has 88 heavy (non-hydrogen) atoms. The van der Waals surface area contributed by atoms with Gasteiger partial charge in [-0.25, -0.2) is 0 Å². The molecule has 0 aromatic heterocycles. The van der Waals surface area contributed by atoms with Crippen LogP contribution < -0.4 is 49.6 Å². The van der Waals surface area contributed by atoms with E-state index in [0.29, 0.717) is 0 Å². The summed E-state index contributed by atoms with van der Waals surface area (Å²) in [6, 6.07) is 60.8. The molecule has 0 saturated heterocycles. The van der Waals surface area contributed by atoms with Gasteiger partial charge >= 0.3 is 34.5 Å². The molecule has 0 amide bonds. The Morgan fingerprint density at radius 2 is 0.795 bits per heavy atom. The number of halogens is 2. The van der Waals surface area contributed by atoms with Gasteiger partial charge in [-0.05, 0) is 229 Å². The SMILES string of the molecule is COc1c(C)cc(C[PH+](Cc2cc(C)c(OC)c(C)c2)c2cc(-c3c([PH+](c4cc(C)c(OC)c(C)c4)c4cc(C)c(OC)c(C)c4)ccc4ccccc34)c3ccccc3c2)cc1C.COc1ccc(C([NH-])(c2ccc(OC)cc2)[C@@H](C)[NH-])cc1.[Cl][Ru+2][Cl]. The van der Waals surface area contributed by atoms with Gasteiger partial charge in [-0.1, -0.05) is 102 Å². The number of aryl methyl sites for hydroxylation is 8. The van der Waals surface area contributed by atoms with Crippen molar-refractivity contribution in [3.63, 3.8) is 0 Å². The standard InChI is InChI=1S/C58H60O4P2.C17H20N2O2.2ClH.Ru/c1-35-23-43(24-36(2)55(35)59-9)33-63(34-44-25-37(3)56(60-10)38(4)26-44)47-31-46-18-14-15-19-50(46)52(32-47)54-51-20-16-13-17-45(51)21-22-53(54)64(48-27-39(5)57(61-11)40(6)28-48)49-29-41(7)58(62-12)42(8)30-49;1-12(18)17(19,13-4-8-15(20-2)9-5-13)14-6-10-16(21-3)11-7-14;;;/h13-32H,33-34H2,1-12H3;4-12,18-19H,1-3H3;2*1H;/q;-2;;;+4/t;12-;;;/m.1.../s1. The molecule has 0 aliphatic heterocycles. The zero-order valence-corrected chi connectivity index (χ0v) is 58.5. The number of hydrogen-bond donors (Lipinski definition) is 0. The third kappa shape index (κ3) is 14.7. The maximum absolute atomic E-state index is 8.84. The summed E-state index contributed by atoms with van der Waals surface area (Å²) in [6.45, 7) is 19.1. The van der Waals surface area contributed by atoms with Crippen molar-refractivity contribution in [2.24, 2.45) is 0 Å². The van der Waals surface area contributed by atoms with E-state index < -0.39 is 27.4 Å². The zero-order valence-electron chi connectivity index (χ0n) is 53.2. The Hall–Kier alpha value is -6.50. The van der Waals surface area contributed by atoms with Crippen LogP contribution in [0.2, 0.25) is 0 Å². The fourth-order valence-corrected chi connectivity index (χ4v) is 18.7. The van der Waals surface area contributed by atoms with Gasteiger partial charge in [0.2, 0.25) is 0 Å². The maximum atomic E-state index is 8.84. The number of hydrogen-bond acceptors (Lipinski definition) is 6. The third-order valence-electron chi connectivity index (χ3n) is 16.7. The molecule has 0 heterocycles. The summed E-state index contributed by atoms with van der Waals surface area (Å²) >= 11 is -0.346. The van der Waals surface area contributed by atoms with Crippen molar-refractivity contribution in [2.75, 3.05) is 42.7 Å². The minimum atomic E-state index is -1.64. The van der Waals surface area contributed by atoms with Gasteiger partial charge in [0, 0.05) is 13.5 Å². The monoisotopic (exact) mass is 1340 g/mol. The number of rotatable bonds is 18. The van der Waals surface area contributed by atoms with Gasteiger partial charge in [0.25, 0.3) is 0 Å². The molecule has 13 heteroatoms. The molecule has 2 N–H and O–H groups in total. The second-order valence-electron chi connectivity index (χ2n) is 22.6. The van der Waals surface area contributed by atoms with Crippen LogP contribution in [-0.4, -0.2) is 48.7 Å². The fraction of sp³-hybridized carbons (Fsp3) is 0.253. The molecule has 8 nitrogen and oxygen atoms in total. The molecular weight excluding hydrogens is 1260 g/mol. The van der Waals surface area contributed by atoms with Crippen molar-refractivity contribution >= 4 is 78.0 Å². The summed E-state index contributed by atoms with van der Waals surface area (Å²) in [5, 5.41) is 10.5. The van der Waals surface area contributed by atoms with Crippen LogP contribution in [-0.2, 0) is 33.0 Å². The average molecular weight is 1340 g/mol. The van der Waals surface area contributed by atoms with Crippen LogP contribution in [0.25, 0.3) is 44.1 Å². The van der Waals surface area contributed by atoms with Crippen molar-refractivity contribution in [1.82, 2.24) is 0 Å².